The van der Waals surface area contributed by atoms with Crippen molar-refractivity contribution in [3.63, 3.8) is 0 Å². The van der Waals surface area contributed by atoms with Crippen molar-refractivity contribution in [2.24, 2.45) is 11.8 Å². The number of carbonyl (C=O) groups excluding carboxylic acids is 3. The number of rotatable bonds is 6. The van der Waals surface area contributed by atoms with E-state index in [4.69, 9.17) is 4.42 Å². The predicted molar refractivity (Wildman–Crippen MR) is 102 cm³/mol. The average Bonchev–Trinajstić information content (AvgIpc) is 3.35. The molecular formula is C21H29N3O4. The Balaban J connectivity index is 1.16. The monoisotopic (exact) mass is 387 g/mol. The summed E-state index contributed by atoms with van der Waals surface area (Å²) in [6, 6.07) is 3.43. The molecule has 0 N–H and O–H groups in total. The Morgan fingerprint density at radius 1 is 0.964 bits per heavy atom. The normalized spacial score (nSPS) is 26.0. The van der Waals surface area contributed by atoms with Gasteiger partial charge in [0.1, 0.15) is 0 Å². The van der Waals surface area contributed by atoms with Crippen LogP contribution in [0, 0.1) is 11.8 Å². The average molecular weight is 387 g/mol. The number of furan rings is 1. The molecule has 152 valence electrons. The number of carbonyl (C=O) groups is 3. The van der Waals surface area contributed by atoms with Gasteiger partial charge in [-0.05, 0) is 44.4 Å². The summed E-state index contributed by atoms with van der Waals surface area (Å²) in [6.45, 7) is 4.59. The van der Waals surface area contributed by atoms with Gasteiger partial charge in [0, 0.05) is 32.7 Å². The first-order chi connectivity index (χ1) is 13.6. The highest BCUT2D eigenvalue weighted by atomic mass is 16.3. The minimum absolute atomic E-state index is 0.0407. The van der Waals surface area contributed by atoms with Crippen LogP contribution in [0.4, 0.5) is 0 Å². The Labute approximate surface area is 165 Å². The maximum absolute atomic E-state index is 12.5. The number of amides is 3. The number of imide groups is 1. The molecule has 1 aromatic heterocycles. The summed E-state index contributed by atoms with van der Waals surface area (Å²) in [7, 11) is 0. The minimum atomic E-state index is -0.0443. The largest absolute Gasteiger partial charge is 0.459 e. The third kappa shape index (κ3) is 3.85. The van der Waals surface area contributed by atoms with Crippen LogP contribution in [-0.4, -0.2) is 71.7 Å². The van der Waals surface area contributed by atoms with Crippen LogP contribution in [0.15, 0.2) is 22.8 Å². The van der Waals surface area contributed by atoms with Crippen molar-refractivity contribution in [2.75, 3.05) is 39.3 Å². The Kier molecular flexibility index (Phi) is 5.80. The van der Waals surface area contributed by atoms with E-state index in [9.17, 15) is 14.4 Å². The van der Waals surface area contributed by atoms with E-state index in [2.05, 4.69) is 4.90 Å². The molecule has 0 bridgehead atoms. The lowest BCUT2D eigenvalue weighted by atomic mass is 9.81. The van der Waals surface area contributed by atoms with Crippen molar-refractivity contribution >= 4 is 17.7 Å². The van der Waals surface area contributed by atoms with Gasteiger partial charge in [0.15, 0.2) is 5.76 Å². The molecule has 1 aliphatic carbocycles. The van der Waals surface area contributed by atoms with Gasteiger partial charge in [-0.25, -0.2) is 0 Å². The summed E-state index contributed by atoms with van der Waals surface area (Å²) in [6.07, 6.45) is 7.24. The second kappa shape index (κ2) is 8.47. The Morgan fingerprint density at radius 3 is 2.21 bits per heavy atom. The van der Waals surface area contributed by atoms with Crippen LogP contribution in [0.25, 0.3) is 0 Å². The molecule has 3 amide bonds. The van der Waals surface area contributed by atoms with Crippen molar-refractivity contribution in [1.29, 1.82) is 0 Å². The first-order valence-electron chi connectivity index (χ1n) is 10.6. The predicted octanol–water partition coefficient (Wildman–Crippen LogP) is 1.99. The second-order valence-electron chi connectivity index (χ2n) is 8.14. The molecule has 3 aliphatic rings. The van der Waals surface area contributed by atoms with Gasteiger partial charge < -0.3 is 9.32 Å². The van der Waals surface area contributed by atoms with Crippen LogP contribution in [0.1, 0.15) is 49.1 Å². The molecule has 2 saturated heterocycles. The molecule has 7 heteroatoms. The van der Waals surface area contributed by atoms with Gasteiger partial charge in [-0.3, -0.25) is 24.2 Å². The van der Waals surface area contributed by atoms with Crippen molar-refractivity contribution in [2.45, 2.75) is 38.5 Å². The summed E-state index contributed by atoms with van der Waals surface area (Å²) in [5, 5.41) is 0. The lowest BCUT2D eigenvalue weighted by Crippen LogP contribution is -2.48. The van der Waals surface area contributed by atoms with Gasteiger partial charge in [-0.2, -0.15) is 0 Å². The maximum atomic E-state index is 12.5. The van der Waals surface area contributed by atoms with E-state index in [1.807, 2.05) is 4.90 Å². The topological polar surface area (TPSA) is 74.1 Å². The first kappa shape index (κ1) is 19.2. The number of hydrogen-bond donors (Lipinski definition) is 0. The van der Waals surface area contributed by atoms with Crippen LogP contribution in [0.2, 0.25) is 0 Å². The van der Waals surface area contributed by atoms with Crippen molar-refractivity contribution < 1.29 is 18.8 Å². The summed E-state index contributed by atoms with van der Waals surface area (Å²) in [4.78, 5) is 43.0. The fraction of sp³-hybridized carbons (Fsp3) is 0.667. The summed E-state index contributed by atoms with van der Waals surface area (Å²) in [5.74, 6) is 0.410. The van der Waals surface area contributed by atoms with E-state index in [0.717, 1.165) is 58.2 Å². The Morgan fingerprint density at radius 2 is 1.61 bits per heavy atom. The fourth-order valence-electron chi connectivity index (χ4n) is 4.79. The molecule has 0 aromatic carbocycles. The molecule has 3 heterocycles. The van der Waals surface area contributed by atoms with Crippen molar-refractivity contribution in [3.05, 3.63) is 24.2 Å². The van der Waals surface area contributed by atoms with Crippen LogP contribution in [0.3, 0.4) is 0 Å². The lowest BCUT2D eigenvalue weighted by molar-refractivity contribution is -0.140. The molecule has 0 radical (unpaired) electrons. The quantitative estimate of drug-likeness (QED) is 0.551. The number of hydrogen-bond acceptors (Lipinski definition) is 5. The standard InChI is InChI=1S/C21H29N3O4/c25-19-16-6-1-2-7-17(16)20(26)24(19)10-4-3-9-22-11-13-23(14-12-22)21(27)18-8-5-15-28-18/h5,8,15-17H,1-4,6-7,9-14H2. The van der Waals surface area contributed by atoms with Crippen LogP contribution in [0.5, 0.6) is 0 Å². The summed E-state index contributed by atoms with van der Waals surface area (Å²) >= 11 is 0. The number of piperazine rings is 1. The summed E-state index contributed by atoms with van der Waals surface area (Å²) < 4.78 is 5.19. The minimum Gasteiger partial charge on any atom is -0.459 e. The summed E-state index contributed by atoms with van der Waals surface area (Å²) in [5.41, 5.74) is 0. The van der Waals surface area contributed by atoms with Crippen LogP contribution >= 0.6 is 0 Å². The molecule has 4 rings (SSSR count). The van der Waals surface area contributed by atoms with E-state index < -0.39 is 0 Å². The maximum Gasteiger partial charge on any atom is 0.289 e. The van der Waals surface area contributed by atoms with E-state index in [-0.39, 0.29) is 29.6 Å². The molecule has 2 unspecified atom stereocenters. The molecule has 1 aromatic rings. The molecule has 7 nitrogen and oxygen atoms in total. The highest BCUT2D eigenvalue weighted by Crippen LogP contribution is 2.38. The molecule has 28 heavy (non-hydrogen) atoms. The van der Waals surface area contributed by atoms with Gasteiger partial charge >= 0.3 is 0 Å². The van der Waals surface area contributed by atoms with Gasteiger partial charge in [0.05, 0.1) is 18.1 Å². The van der Waals surface area contributed by atoms with Crippen molar-refractivity contribution in [3.8, 4) is 0 Å². The highest BCUT2D eigenvalue weighted by molar-refractivity contribution is 6.05. The van der Waals surface area contributed by atoms with Crippen LogP contribution < -0.4 is 0 Å². The highest BCUT2D eigenvalue weighted by Gasteiger charge is 2.47. The zero-order valence-corrected chi connectivity index (χ0v) is 16.3. The van der Waals surface area contributed by atoms with E-state index in [1.54, 1.807) is 12.1 Å². The second-order valence-corrected chi connectivity index (χ2v) is 8.14. The Bertz CT molecular complexity index is 685. The third-order valence-corrected chi connectivity index (χ3v) is 6.43. The van der Waals surface area contributed by atoms with Gasteiger partial charge in [-0.1, -0.05) is 12.8 Å². The Hall–Kier alpha value is -2.15. The van der Waals surface area contributed by atoms with Gasteiger partial charge in [0.2, 0.25) is 11.8 Å². The number of unbranched alkanes of at least 4 members (excludes halogenated alkanes) is 1. The van der Waals surface area contributed by atoms with Gasteiger partial charge in [0.25, 0.3) is 5.91 Å². The smallest absolute Gasteiger partial charge is 0.289 e. The van der Waals surface area contributed by atoms with E-state index >= 15 is 0 Å². The molecule has 2 atom stereocenters. The van der Waals surface area contributed by atoms with E-state index in [1.165, 1.54) is 11.2 Å². The first-order valence-corrected chi connectivity index (χ1v) is 10.6. The zero-order chi connectivity index (χ0) is 19.5. The molecule has 3 fully saturated rings. The molecule has 1 saturated carbocycles. The third-order valence-electron chi connectivity index (χ3n) is 6.43. The van der Waals surface area contributed by atoms with Crippen LogP contribution in [-0.2, 0) is 9.59 Å². The SMILES string of the molecule is O=C(c1ccco1)N1CCN(CCCCN2C(=O)C3CCCCC3C2=O)CC1. The molecule has 0 spiro atoms. The number of nitrogens with zero attached hydrogens (tertiary/aromatic N) is 3. The van der Waals surface area contributed by atoms with Crippen molar-refractivity contribution in [1.82, 2.24) is 14.7 Å². The molecular weight excluding hydrogens is 358 g/mol. The lowest BCUT2D eigenvalue weighted by Gasteiger charge is -2.34. The number of likely N-dealkylation sites (tertiary alicyclic amines) is 1. The van der Waals surface area contributed by atoms with E-state index in [0.29, 0.717) is 25.4 Å². The fourth-order valence-corrected chi connectivity index (χ4v) is 4.79. The number of fused-ring (bicyclic) bond motifs is 1. The molecule has 2 aliphatic heterocycles. The van der Waals surface area contributed by atoms with Gasteiger partial charge in [-0.15, -0.1) is 0 Å². The zero-order valence-electron chi connectivity index (χ0n) is 16.3.